The number of aromatic nitrogens is 7. The first kappa shape index (κ1) is 12.5. The third-order valence-corrected chi connectivity index (χ3v) is 3.18. The number of H-pyrrole nitrogens is 1. The first-order valence-electron chi connectivity index (χ1n) is 5.55. The fraction of sp³-hybridized carbons (Fsp3) is 0.200. The van der Waals surface area contributed by atoms with Crippen molar-refractivity contribution >= 4 is 28.6 Å². The number of hydrogen-bond donors (Lipinski definition) is 2. The maximum atomic E-state index is 11.1. The molecule has 9 nitrogen and oxygen atoms in total. The summed E-state index contributed by atoms with van der Waals surface area (Å²) in [6.45, 7) is 1.99. The summed E-state index contributed by atoms with van der Waals surface area (Å²) >= 11 is 6.11. The molecule has 0 radical (unpaired) electrons. The van der Waals surface area contributed by atoms with Crippen molar-refractivity contribution in [2.24, 2.45) is 0 Å². The minimum absolute atomic E-state index is 0.0543. The van der Waals surface area contributed by atoms with E-state index in [1.165, 1.54) is 6.20 Å². The van der Waals surface area contributed by atoms with E-state index in [2.05, 4.69) is 30.7 Å². The maximum absolute atomic E-state index is 11.1. The zero-order valence-corrected chi connectivity index (χ0v) is 11.0. The van der Waals surface area contributed by atoms with Crippen LogP contribution in [0.25, 0.3) is 11.0 Å². The van der Waals surface area contributed by atoms with Crippen LogP contribution in [0.4, 0.5) is 0 Å². The number of aryl methyl sites for hydroxylation is 1. The number of rotatable bonds is 3. The van der Waals surface area contributed by atoms with Crippen molar-refractivity contribution in [3.63, 3.8) is 0 Å². The molecule has 0 aromatic carbocycles. The van der Waals surface area contributed by atoms with Gasteiger partial charge in [-0.05, 0) is 6.92 Å². The van der Waals surface area contributed by atoms with E-state index < -0.39 is 5.97 Å². The highest BCUT2D eigenvalue weighted by Gasteiger charge is 2.19. The van der Waals surface area contributed by atoms with E-state index in [-0.39, 0.29) is 17.1 Å². The minimum atomic E-state index is -1.13. The summed E-state index contributed by atoms with van der Waals surface area (Å²) in [4.78, 5) is 15.2. The van der Waals surface area contributed by atoms with Crippen LogP contribution in [0, 0.1) is 6.92 Å². The van der Waals surface area contributed by atoms with E-state index in [1.54, 1.807) is 11.6 Å². The highest BCUT2D eigenvalue weighted by Crippen LogP contribution is 2.28. The number of carboxylic acids is 1. The molecule has 0 spiro atoms. The van der Waals surface area contributed by atoms with E-state index in [4.69, 9.17) is 16.7 Å². The molecule has 102 valence electrons. The zero-order chi connectivity index (χ0) is 14.3. The molecule has 0 saturated heterocycles. The van der Waals surface area contributed by atoms with Crippen LogP contribution in [0.3, 0.4) is 0 Å². The lowest BCUT2D eigenvalue weighted by atomic mass is 10.2. The zero-order valence-electron chi connectivity index (χ0n) is 10.2. The predicted molar refractivity (Wildman–Crippen MR) is 67.5 cm³/mol. The summed E-state index contributed by atoms with van der Waals surface area (Å²) in [6, 6.07) is 0. The number of carboxylic acid groups (broad SMARTS) is 1. The van der Waals surface area contributed by atoms with Gasteiger partial charge in [0.2, 0.25) is 0 Å². The lowest BCUT2D eigenvalue weighted by Gasteiger charge is -2.01. The number of aromatic amines is 1. The first-order chi connectivity index (χ1) is 9.58. The molecular formula is C10H8ClN7O2. The number of tetrazole rings is 1. The van der Waals surface area contributed by atoms with Gasteiger partial charge in [0.1, 0.15) is 6.54 Å². The molecule has 3 rings (SSSR count). The first-order valence-corrected chi connectivity index (χ1v) is 5.93. The van der Waals surface area contributed by atoms with E-state index in [9.17, 15) is 4.79 Å². The molecule has 0 aliphatic carbocycles. The van der Waals surface area contributed by atoms with Crippen molar-refractivity contribution in [2.75, 3.05) is 0 Å². The Kier molecular flexibility index (Phi) is 2.83. The summed E-state index contributed by atoms with van der Waals surface area (Å²) in [6.07, 6.45) is 1.21. The molecule has 0 bridgehead atoms. The highest BCUT2D eigenvalue weighted by molar-refractivity contribution is 6.38. The van der Waals surface area contributed by atoms with Crippen molar-refractivity contribution in [3.05, 3.63) is 28.3 Å². The summed E-state index contributed by atoms with van der Waals surface area (Å²) in [7, 11) is 0. The SMILES string of the molecule is Cc1nn(Cc2nn[nH]n2)c2ncc(C(=O)O)c(Cl)c12. The molecule has 20 heavy (non-hydrogen) atoms. The number of pyridine rings is 1. The molecule has 3 heterocycles. The second kappa shape index (κ2) is 4.53. The Balaban J connectivity index is 2.17. The van der Waals surface area contributed by atoms with Crippen molar-refractivity contribution in [2.45, 2.75) is 13.5 Å². The number of nitrogens with zero attached hydrogens (tertiary/aromatic N) is 6. The standard InChI is InChI=1S/C10H8ClN7O2/c1-4-7-8(11)5(10(19)20)2-12-9(7)18(15-4)3-6-13-16-17-14-6/h2H,3H2,1H3,(H,19,20)(H,13,14,16,17). The van der Waals surface area contributed by atoms with Crippen LogP contribution in [0.2, 0.25) is 5.02 Å². The molecule has 2 N–H and O–H groups in total. The molecule has 0 aliphatic heterocycles. The van der Waals surface area contributed by atoms with Crippen molar-refractivity contribution in [3.8, 4) is 0 Å². The number of halogens is 1. The van der Waals surface area contributed by atoms with Gasteiger partial charge in [0.25, 0.3) is 0 Å². The second-order valence-corrected chi connectivity index (χ2v) is 4.44. The molecule has 0 fully saturated rings. The van der Waals surface area contributed by atoms with Crippen LogP contribution in [0.15, 0.2) is 6.20 Å². The van der Waals surface area contributed by atoms with Gasteiger partial charge in [0.05, 0.1) is 21.7 Å². The topological polar surface area (TPSA) is 122 Å². The van der Waals surface area contributed by atoms with Crippen LogP contribution in [-0.2, 0) is 6.54 Å². The van der Waals surface area contributed by atoms with Crippen LogP contribution in [0.5, 0.6) is 0 Å². The van der Waals surface area contributed by atoms with Crippen LogP contribution >= 0.6 is 11.6 Å². The quantitative estimate of drug-likeness (QED) is 0.727. The van der Waals surface area contributed by atoms with Crippen LogP contribution in [-0.4, -0.2) is 46.5 Å². The van der Waals surface area contributed by atoms with Crippen LogP contribution < -0.4 is 0 Å². The molecule has 0 saturated carbocycles. The van der Waals surface area contributed by atoms with Crippen molar-refractivity contribution in [1.82, 2.24) is 35.4 Å². The average molecular weight is 294 g/mol. The highest BCUT2D eigenvalue weighted by atomic mass is 35.5. The molecule has 0 unspecified atom stereocenters. The Hall–Kier alpha value is -2.55. The molecule has 3 aromatic heterocycles. The Labute approximate surface area is 116 Å². The molecular weight excluding hydrogens is 286 g/mol. The Morgan fingerprint density at radius 2 is 2.35 bits per heavy atom. The van der Waals surface area contributed by atoms with Gasteiger partial charge in [-0.3, -0.25) is 0 Å². The van der Waals surface area contributed by atoms with Gasteiger partial charge in [-0.1, -0.05) is 16.8 Å². The fourth-order valence-corrected chi connectivity index (χ4v) is 2.27. The van der Waals surface area contributed by atoms with E-state index in [0.717, 1.165) is 0 Å². The normalized spacial score (nSPS) is 11.1. The number of fused-ring (bicyclic) bond motifs is 1. The third kappa shape index (κ3) is 1.88. The average Bonchev–Trinajstić information content (AvgIpc) is 2.99. The third-order valence-electron chi connectivity index (χ3n) is 2.78. The molecule has 3 aromatic rings. The Morgan fingerprint density at radius 3 is 3.00 bits per heavy atom. The predicted octanol–water partition coefficient (Wildman–Crippen LogP) is 0.653. The number of nitrogens with one attached hydrogen (secondary N) is 1. The van der Waals surface area contributed by atoms with E-state index in [0.29, 0.717) is 22.6 Å². The van der Waals surface area contributed by atoms with Gasteiger partial charge >= 0.3 is 5.97 Å². The smallest absolute Gasteiger partial charge is 0.338 e. The number of aromatic carboxylic acids is 1. The monoisotopic (exact) mass is 293 g/mol. The van der Waals surface area contributed by atoms with Crippen molar-refractivity contribution < 1.29 is 9.90 Å². The van der Waals surface area contributed by atoms with Gasteiger partial charge in [-0.2, -0.15) is 10.3 Å². The lowest BCUT2D eigenvalue weighted by molar-refractivity contribution is 0.0697. The van der Waals surface area contributed by atoms with E-state index in [1.807, 2.05) is 0 Å². The summed E-state index contributed by atoms with van der Waals surface area (Å²) in [5, 5.41) is 27.4. The Morgan fingerprint density at radius 1 is 1.55 bits per heavy atom. The van der Waals surface area contributed by atoms with Gasteiger partial charge in [-0.15, -0.1) is 10.2 Å². The summed E-state index contributed by atoms with van der Waals surface area (Å²) < 4.78 is 1.55. The fourth-order valence-electron chi connectivity index (χ4n) is 1.92. The lowest BCUT2D eigenvalue weighted by Crippen LogP contribution is -2.05. The molecule has 0 amide bonds. The van der Waals surface area contributed by atoms with Gasteiger partial charge in [0.15, 0.2) is 11.5 Å². The van der Waals surface area contributed by atoms with Crippen molar-refractivity contribution in [1.29, 1.82) is 0 Å². The molecule has 0 atom stereocenters. The maximum Gasteiger partial charge on any atom is 0.338 e. The number of hydrogen-bond acceptors (Lipinski definition) is 6. The van der Waals surface area contributed by atoms with Crippen LogP contribution in [0.1, 0.15) is 21.9 Å². The summed E-state index contributed by atoms with van der Waals surface area (Å²) in [5.41, 5.74) is 1.01. The van der Waals surface area contributed by atoms with E-state index >= 15 is 0 Å². The molecule has 10 heteroatoms. The molecule has 0 aliphatic rings. The summed E-state index contributed by atoms with van der Waals surface area (Å²) in [5.74, 6) is -0.690. The Bertz CT molecular complexity index is 796. The minimum Gasteiger partial charge on any atom is -0.478 e. The van der Waals surface area contributed by atoms with Gasteiger partial charge in [-0.25, -0.2) is 14.5 Å². The van der Waals surface area contributed by atoms with Gasteiger partial charge < -0.3 is 5.11 Å². The second-order valence-electron chi connectivity index (χ2n) is 4.06. The number of carbonyl (C=O) groups is 1. The van der Waals surface area contributed by atoms with Gasteiger partial charge in [0, 0.05) is 6.20 Å². The largest absolute Gasteiger partial charge is 0.478 e.